The maximum Gasteiger partial charge on any atom is 0.356 e. The molecule has 3 heterocycles. The number of anilines is 1. The highest BCUT2D eigenvalue weighted by molar-refractivity contribution is 8.00. The highest BCUT2D eigenvalue weighted by atomic mass is 32.2. The molecular formula is C30H24N6O6S2. The highest BCUT2D eigenvalue weighted by Crippen LogP contribution is 2.42. The largest absolute Gasteiger partial charge is 0.448 e. The van der Waals surface area contributed by atoms with Crippen LogP contribution in [0.3, 0.4) is 0 Å². The first-order valence-electron chi connectivity index (χ1n) is 13.1. The number of nitrogens with zero attached hydrogens (tertiary/aromatic N) is 4. The fourth-order valence-electron chi connectivity index (χ4n) is 4.57. The molecule has 5 rings (SSSR count). The number of oxime groups is 1. The Morgan fingerprint density at radius 3 is 2.48 bits per heavy atom. The third-order valence-electron chi connectivity index (χ3n) is 6.58. The van der Waals surface area contributed by atoms with Crippen LogP contribution in [0, 0.1) is 11.3 Å². The van der Waals surface area contributed by atoms with Crippen LogP contribution in [0.5, 0.6) is 0 Å². The van der Waals surface area contributed by atoms with Gasteiger partial charge in [-0.2, -0.15) is 5.26 Å². The number of fused-ring (bicyclic) bond motifs is 1. The molecule has 44 heavy (non-hydrogen) atoms. The second-order valence-electron chi connectivity index (χ2n) is 9.22. The van der Waals surface area contributed by atoms with Gasteiger partial charge in [-0.25, -0.2) is 9.78 Å². The molecule has 0 saturated carbocycles. The topological polar surface area (TPSA) is 163 Å². The number of esters is 1. The van der Waals surface area contributed by atoms with Gasteiger partial charge in [-0.1, -0.05) is 78.5 Å². The molecule has 2 aliphatic rings. The number of allylic oxidation sites excluding steroid dienone is 1. The molecule has 1 aromatic heterocycles. The van der Waals surface area contributed by atoms with Gasteiger partial charge < -0.3 is 20.2 Å². The molecule has 2 aromatic carbocycles. The molecule has 3 aromatic rings. The van der Waals surface area contributed by atoms with Gasteiger partial charge in [-0.15, -0.1) is 23.1 Å². The third-order valence-corrected chi connectivity index (χ3v) is 8.66. The van der Waals surface area contributed by atoms with Gasteiger partial charge in [0, 0.05) is 11.1 Å². The molecule has 0 radical (unpaired) electrons. The predicted molar refractivity (Wildman–Crippen MR) is 163 cm³/mol. The summed E-state index contributed by atoms with van der Waals surface area (Å²) in [4.78, 5) is 61.7. The molecule has 1 fully saturated rings. The number of aromatic nitrogens is 1. The van der Waals surface area contributed by atoms with E-state index in [2.05, 4.69) is 27.4 Å². The predicted octanol–water partition coefficient (Wildman–Crippen LogP) is 3.13. The summed E-state index contributed by atoms with van der Waals surface area (Å²) in [6, 6.07) is 19.3. The summed E-state index contributed by atoms with van der Waals surface area (Å²) in [5.74, 6) is -1.68. The quantitative estimate of drug-likeness (QED) is 0.0766. The molecule has 0 spiro atoms. The lowest BCUT2D eigenvalue weighted by molar-refractivity contribution is -0.154. The summed E-state index contributed by atoms with van der Waals surface area (Å²) in [7, 11) is 0. The Morgan fingerprint density at radius 2 is 1.86 bits per heavy atom. The number of carbonyl (C=O) groups excluding carboxylic acids is 4. The van der Waals surface area contributed by atoms with Crippen LogP contribution in [0.25, 0.3) is 0 Å². The summed E-state index contributed by atoms with van der Waals surface area (Å²) in [5, 5.41) is 18.6. The molecular weight excluding hydrogens is 605 g/mol. The van der Waals surface area contributed by atoms with Gasteiger partial charge in [-0.3, -0.25) is 19.3 Å². The number of nitrogens with one attached hydrogen (secondary N) is 2. The van der Waals surface area contributed by atoms with Crippen LogP contribution >= 0.6 is 23.1 Å². The van der Waals surface area contributed by atoms with E-state index in [-0.39, 0.29) is 22.2 Å². The number of benzene rings is 2. The Labute approximate surface area is 260 Å². The van der Waals surface area contributed by atoms with Gasteiger partial charge in [0.2, 0.25) is 13.0 Å². The zero-order chi connectivity index (χ0) is 31.1. The van der Waals surface area contributed by atoms with E-state index in [0.717, 1.165) is 22.5 Å². The van der Waals surface area contributed by atoms with Crippen LogP contribution in [0.4, 0.5) is 5.13 Å². The Bertz CT molecular complexity index is 1640. The average molecular weight is 629 g/mol. The first kappa shape index (κ1) is 30.2. The molecule has 0 aliphatic carbocycles. The van der Waals surface area contributed by atoms with Crippen LogP contribution in [0.2, 0.25) is 0 Å². The van der Waals surface area contributed by atoms with Crippen LogP contribution in [-0.2, 0) is 28.8 Å². The first-order valence-corrected chi connectivity index (χ1v) is 15.0. The van der Waals surface area contributed by atoms with E-state index in [1.165, 1.54) is 28.1 Å². The third kappa shape index (κ3) is 6.24. The molecule has 2 atom stereocenters. The second-order valence-corrected chi connectivity index (χ2v) is 11.2. The van der Waals surface area contributed by atoms with E-state index < -0.39 is 41.9 Å². The maximum atomic E-state index is 13.8. The van der Waals surface area contributed by atoms with Crippen molar-refractivity contribution >= 4 is 58.1 Å². The number of thiazole rings is 1. The van der Waals surface area contributed by atoms with Crippen molar-refractivity contribution in [1.82, 2.24) is 15.2 Å². The second kappa shape index (κ2) is 13.8. The molecule has 12 nitrogen and oxygen atoms in total. The van der Waals surface area contributed by atoms with E-state index in [4.69, 9.17) is 14.8 Å². The van der Waals surface area contributed by atoms with Crippen molar-refractivity contribution in [2.75, 3.05) is 17.7 Å². The van der Waals surface area contributed by atoms with E-state index in [1.54, 1.807) is 6.07 Å². The van der Waals surface area contributed by atoms with Gasteiger partial charge in [0.1, 0.15) is 28.9 Å². The zero-order valence-corrected chi connectivity index (χ0v) is 24.5. The summed E-state index contributed by atoms with van der Waals surface area (Å²) in [5.41, 5.74) is 1.88. The Kier molecular flexibility index (Phi) is 9.48. The molecule has 0 bridgehead atoms. The number of ether oxygens (including phenoxy) is 1. The van der Waals surface area contributed by atoms with Crippen molar-refractivity contribution < 1.29 is 28.8 Å². The number of nitriles is 1. The van der Waals surface area contributed by atoms with Gasteiger partial charge >= 0.3 is 5.97 Å². The van der Waals surface area contributed by atoms with Crippen molar-refractivity contribution in [3.8, 4) is 6.07 Å². The number of hydrogen-bond acceptors (Lipinski definition) is 11. The van der Waals surface area contributed by atoms with Crippen LogP contribution in [0.1, 0.15) is 22.9 Å². The van der Waals surface area contributed by atoms with Crippen LogP contribution in [-0.4, -0.2) is 63.6 Å². The minimum absolute atomic E-state index is 0.0615. The molecule has 222 valence electrons. The number of amides is 3. The Balaban J connectivity index is 1.37. The molecule has 2 aliphatic heterocycles. The zero-order valence-electron chi connectivity index (χ0n) is 22.9. The summed E-state index contributed by atoms with van der Waals surface area (Å²) >= 11 is 2.39. The van der Waals surface area contributed by atoms with Gasteiger partial charge in [0.05, 0.1) is 0 Å². The molecule has 1 saturated heterocycles. The molecule has 1 unspecified atom stereocenters. The SMILES string of the molecule is C=CC1=C(C(=O)OC(c2ccccc2)c2ccccc2)N2C(=O)C(NC(=O)/C(=N/OCC#N)c3csc(NC=O)n3)[C@H]2SC1. The average Bonchev–Trinajstić information content (AvgIpc) is 3.52. The van der Waals surface area contributed by atoms with E-state index >= 15 is 0 Å². The highest BCUT2D eigenvalue weighted by Gasteiger charge is 2.54. The van der Waals surface area contributed by atoms with Crippen LogP contribution < -0.4 is 10.6 Å². The Morgan fingerprint density at radius 1 is 1.18 bits per heavy atom. The van der Waals surface area contributed by atoms with Crippen molar-refractivity contribution in [2.24, 2.45) is 5.16 Å². The molecule has 14 heteroatoms. The fraction of sp³-hybridized carbons (Fsp3) is 0.167. The number of hydrogen-bond donors (Lipinski definition) is 2. The lowest BCUT2D eigenvalue weighted by Gasteiger charge is -2.49. The summed E-state index contributed by atoms with van der Waals surface area (Å²) in [6.07, 6.45) is 1.22. The number of β-lactam (4-membered cyclic amide) rings is 1. The van der Waals surface area contributed by atoms with Gasteiger partial charge in [0.25, 0.3) is 11.8 Å². The lowest BCUT2D eigenvalue weighted by Crippen LogP contribution is -2.71. The minimum atomic E-state index is -1.01. The van der Waals surface area contributed by atoms with E-state index in [0.29, 0.717) is 17.7 Å². The van der Waals surface area contributed by atoms with Gasteiger partial charge in [0.15, 0.2) is 16.9 Å². The van der Waals surface area contributed by atoms with Crippen molar-refractivity contribution in [3.63, 3.8) is 0 Å². The first-order chi connectivity index (χ1) is 21.5. The minimum Gasteiger partial charge on any atom is -0.448 e. The summed E-state index contributed by atoms with van der Waals surface area (Å²) < 4.78 is 6.05. The molecule has 3 amide bonds. The normalized spacial score (nSPS) is 17.6. The smallest absolute Gasteiger partial charge is 0.356 e. The monoisotopic (exact) mass is 628 g/mol. The summed E-state index contributed by atoms with van der Waals surface area (Å²) in [6.45, 7) is 3.40. The van der Waals surface area contributed by atoms with Crippen molar-refractivity contribution in [2.45, 2.75) is 17.5 Å². The fourth-order valence-corrected chi connectivity index (χ4v) is 6.57. The Hall–Kier alpha value is -5.26. The van der Waals surface area contributed by atoms with Gasteiger partial charge in [-0.05, 0) is 16.7 Å². The van der Waals surface area contributed by atoms with Crippen LogP contribution in [0.15, 0.2) is 95.1 Å². The lowest BCUT2D eigenvalue weighted by atomic mass is 10.0. The maximum absolute atomic E-state index is 13.8. The number of thioether (sulfide) groups is 1. The molecule has 2 N–H and O–H groups in total. The van der Waals surface area contributed by atoms with E-state index in [1.807, 2.05) is 60.7 Å². The standard InChI is InChI=1S/C30H24N6O6S2/c1-2-18-15-43-28-23(34-26(38)22(35-41-14-13-31)21-16-44-30(33-21)32-17-37)27(39)36(28)24(18)29(40)42-25(19-9-5-3-6-10-19)20-11-7-4-8-12-20/h2-12,16-17,23,25,28H,1,14-15H2,(H,34,38)(H,32,33,37)/b35-22+/t23?,28-/m1/s1. The number of carbonyl (C=O) groups is 4. The number of rotatable bonds is 12. The van der Waals surface area contributed by atoms with E-state index in [9.17, 15) is 19.2 Å². The van der Waals surface area contributed by atoms with Crippen molar-refractivity contribution in [1.29, 1.82) is 5.26 Å². The van der Waals surface area contributed by atoms with Crippen molar-refractivity contribution in [3.05, 3.63) is 107 Å².